The Bertz CT molecular complexity index is 299. The van der Waals surface area contributed by atoms with Crippen molar-refractivity contribution in [2.24, 2.45) is 11.7 Å². The highest BCUT2D eigenvalue weighted by atomic mass is 16.4. The van der Waals surface area contributed by atoms with Crippen LogP contribution >= 0.6 is 0 Å². The summed E-state index contributed by atoms with van der Waals surface area (Å²) in [6.07, 6.45) is 4.12. The van der Waals surface area contributed by atoms with Crippen LogP contribution < -0.4 is 11.1 Å². The summed E-state index contributed by atoms with van der Waals surface area (Å²) in [6, 6.07) is -0.922. The van der Waals surface area contributed by atoms with Crippen LogP contribution in [0.1, 0.15) is 32.1 Å². The van der Waals surface area contributed by atoms with Crippen molar-refractivity contribution in [2.45, 2.75) is 43.7 Å². The Morgan fingerprint density at radius 1 is 1.60 bits per heavy atom. The number of piperidine rings is 1. The van der Waals surface area contributed by atoms with Gasteiger partial charge in [-0.15, -0.1) is 0 Å². The quantitative estimate of drug-likeness (QED) is 0.606. The van der Waals surface area contributed by atoms with Gasteiger partial charge in [-0.1, -0.05) is 0 Å². The molecule has 1 saturated carbocycles. The summed E-state index contributed by atoms with van der Waals surface area (Å²) in [5.41, 5.74) is 5.48. The molecule has 2 aliphatic rings. The molecule has 1 unspecified atom stereocenters. The van der Waals surface area contributed by atoms with E-state index in [9.17, 15) is 9.59 Å². The van der Waals surface area contributed by atoms with Gasteiger partial charge >= 0.3 is 5.97 Å². The first-order chi connectivity index (χ1) is 7.02. The van der Waals surface area contributed by atoms with Crippen molar-refractivity contribution in [3.05, 3.63) is 0 Å². The second-order valence-electron chi connectivity index (χ2n) is 4.69. The van der Waals surface area contributed by atoms with Crippen molar-refractivity contribution in [1.82, 2.24) is 5.32 Å². The van der Waals surface area contributed by atoms with Gasteiger partial charge in [0.1, 0.15) is 6.04 Å². The molecule has 1 heterocycles. The fourth-order valence-corrected chi connectivity index (χ4v) is 2.17. The molecule has 0 bridgehead atoms. The lowest BCUT2D eigenvalue weighted by molar-refractivity contribution is -0.139. The van der Waals surface area contributed by atoms with E-state index in [-0.39, 0.29) is 23.8 Å². The highest BCUT2D eigenvalue weighted by Gasteiger charge is 2.48. The van der Waals surface area contributed by atoms with Crippen LogP contribution in [0, 0.1) is 5.92 Å². The van der Waals surface area contributed by atoms with Crippen LogP contribution in [0.4, 0.5) is 0 Å². The van der Waals surface area contributed by atoms with Gasteiger partial charge in [0.05, 0.1) is 0 Å². The molecule has 0 aromatic carbocycles. The molecule has 0 radical (unpaired) electrons. The molecule has 1 amide bonds. The number of amides is 1. The molecule has 15 heavy (non-hydrogen) atoms. The minimum atomic E-state index is -1.03. The van der Waals surface area contributed by atoms with E-state index in [0.717, 1.165) is 25.7 Å². The zero-order valence-corrected chi connectivity index (χ0v) is 8.53. The van der Waals surface area contributed by atoms with E-state index in [1.807, 2.05) is 0 Å². The lowest BCUT2D eigenvalue weighted by Crippen LogP contribution is -2.48. The molecule has 2 rings (SSSR count). The number of carboxylic acids is 1. The molecule has 1 aliphatic carbocycles. The van der Waals surface area contributed by atoms with Gasteiger partial charge in [0.2, 0.25) is 5.91 Å². The largest absolute Gasteiger partial charge is 0.480 e. The number of carbonyl (C=O) groups is 2. The van der Waals surface area contributed by atoms with Gasteiger partial charge in [0.15, 0.2) is 0 Å². The van der Waals surface area contributed by atoms with Gasteiger partial charge in [-0.05, 0) is 32.1 Å². The standard InChI is InChI=1S/C10H16N2O3/c11-7(9(14)15)5-6-1-2-10(3-4-10)12-8(6)13/h6-7H,1-5,11H2,(H,12,13)(H,14,15)/t6?,7-/m0/s1. The zero-order valence-electron chi connectivity index (χ0n) is 8.53. The molecule has 1 saturated heterocycles. The van der Waals surface area contributed by atoms with Crippen LogP contribution in [0.15, 0.2) is 0 Å². The van der Waals surface area contributed by atoms with E-state index >= 15 is 0 Å². The lowest BCUT2D eigenvalue weighted by atomic mass is 9.88. The Hall–Kier alpha value is -1.10. The molecule has 1 spiro atoms. The SMILES string of the molecule is N[C@@H](CC1CCC2(CC2)NC1=O)C(=O)O. The molecule has 2 fully saturated rings. The highest BCUT2D eigenvalue weighted by Crippen LogP contribution is 2.43. The number of carboxylic acid groups (broad SMARTS) is 1. The van der Waals surface area contributed by atoms with E-state index < -0.39 is 12.0 Å². The summed E-state index contributed by atoms with van der Waals surface area (Å²) in [5.74, 6) is -1.27. The van der Waals surface area contributed by atoms with Gasteiger partial charge in [-0.3, -0.25) is 9.59 Å². The molecule has 84 valence electrons. The molecule has 1 aliphatic heterocycles. The number of carbonyl (C=O) groups excluding carboxylic acids is 1. The molecule has 0 aromatic rings. The number of hydrogen-bond donors (Lipinski definition) is 3. The highest BCUT2D eigenvalue weighted by molar-refractivity contribution is 5.82. The van der Waals surface area contributed by atoms with Gasteiger partial charge in [0, 0.05) is 11.5 Å². The number of nitrogens with one attached hydrogen (secondary N) is 1. The number of hydrogen-bond acceptors (Lipinski definition) is 3. The molecule has 5 nitrogen and oxygen atoms in total. The second kappa shape index (κ2) is 3.48. The topological polar surface area (TPSA) is 92.4 Å². The first-order valence-electron chi connectivity index (χ1n) is 5.33. The molecule has 0 aromatic heterocycles. The maximum atomic E-state index is 11.6. The smallest absolute Gasteiger partial charge is 0.320 e. The second-order valence-corrected chi connectivity index (χ2v) is 4.69. The van der Waals surface area contributed by atoms with Crippen molar-refractivity contribution in [3.63, 3.8) is 0 Å². The Kier molecular flexibility index (Phi) is 2.42. The van der Waals surface area contributed by atoms with Gasteiger partial charge in [0.25, 0.3) is 0 Å². The molecular formula is C10H16N2O3. The summed E-state index contributed by atoms with van der Waals surface area (Å²) >= 11 is 0. The van der Waals surface area contributed by atoms with E-state index in [1.54, 1.807) is 0 Å². The van der Waals surface area contributed by atoms with E-state index in [2.05, 4.69) is 5.32 Å². The maximum absolute atomic E-state index is 11.6. The van der Waals surface area contributed by atoms with Crippen LogP contribution in [-0.4, -0.2) is 28.6 Å². The fourth-order valence-electron chi connectivity index (χ4n) is 2.17. The van der Waals surface area contributed by atoms with Crippen LogP contribution in [-0.2, 0) is 9.59 Å². The monoisotopic (exact) mass is 212 g/mol. The third-order valence-electron chi connectivity index (χ3n) is 3.44. The molecule has 4 N–H and O–H groups in total. The third-order valence-corrected chi connectivity index (χ3v) is 3.44. The van der Waals surface area contributed by atoms with Crippen molar-refractivity contribution >= 4 is 11.9 Å². The van der Waals surface area contributed by atoms with Gasteiger partial charge < -0.3 is 16.2 Å². The molecule has 2 atom stereocenters. The predicted octanol–water partition coefficient (Wildman–Crippen LogP) is -0.153. The van der Waals surface area contributed by atoms with Crippen molar-refractivity contribution in [3.8, 4) is 0 Å². The normalized spacial score (nSPS) is 29.7. The van der Waals surface area contributed by atoms with Gasteiger partial charge in [-0.2, -0.15) is 0 Å². The fraction of sp³-hybridized carbons (Fsp3) is 0.800. The predicted molar refractivity (Wildman–Crippen MR) is 53.1 cm³/mol. The number of aliphatic carboxylic acids is 1. The Morgan fingerprint density at radius 2 is 2.27 bits per heavy atom. The lowest BCUT2D eigenvalue weighted by Gasteiger charge is -2.29. The van der Waals surface area contributed by atoms with Crippen LogP contribution in [0.25, 0.3) is 0 Å². The average Bonchev–Trinajstić information content (AvgIpc) is 2.90. The third kappa shape index (κ3) is 2.12. The average molecular weight is 212 g/mol. The Balaban J connectivity index is 1.88. The summed E-state index contributed by atoms with van der Waals surface area (Å²) in [5, 5.41) is 11.6. The van der Waals surface area contributed by atoms with Crippen molar-refractivity contribution in [1.29, 1.82) is 0 Å². The zero-order chi connectivity index (χ0) is 11.1. The first kappa shape index (κ1) is 10.4. The van der Waals surface area contributed by atoms with E-state index in [1.165, 1.54) is 0 Å². The number of rotatable bonds is 3. The van der Waals surface area contributed by atoms with Crippen molar-refractivity contribution in [2.75, 3.05) is 0 Å². The van der Waals surface area contributed by atoms with Gasteiger partial charge in [-0.25, -0.2) is 0 Å². The minimum Gasteiger partial charge on any atom is -0.480 e. The van der Waals surface area contributed by atoms with Crippen LogP contribution in [0.3, 0.4) is 0 Å². The van der Waals surface area contributed by atoms with E-state index in [4.69, 9.17) is 10.8 Å². The van der Waals surface area contributed by atoms with E-state index in [0.29, 0.717) is 0 Å². The summed E-state index contributed by atoms with van der Waals surface area (Å²) in [4.78, 5) is 22.2. The summed E-state index contributed by atoms with van der Waals surface area (Å²) in [7, 11) is 0. The maximum Gasteiger partial charge on any atom is 0.320 e. The Labute approximate surface area is 88.0 Å². The minimum absolute atomic E-state index is 0.0181. The number of nitrogens with two attached hydrogens (primary N) is 1. The summed E-state index contributed by atoms with van der Waals surface area (Å²) < 4.78 is 0. The molecular weight excluding hydrogens is 196 g/mol. The van der Waals surface area contributed by atoms with Crippen LogP contribution in [0.2, 0.25) is 0 Å². The molecule has 5 heteroatoms. The first-order valence-corrected chi connectivity index (χ1v) is 5.33. The Morgan fingerprint density at radius 3 is 2.73 bits per heavy atom. The summed E-state index contributed by atoms with van der Waals surface area (Å²) in [6.45, 7) is 0. The van der Waals surface area contributed by atoms with Crippen LogP contribution in [0.5, 0.6) is 0 Å². The van der Waals surface area contributed by atoms with Crippen molar-refractivity contribution < 1.29 is 14.7 Å².